The summed E-state index contributed by atoms with van der Waals surface area (Å²) < 4.78 is 28.1. The molecular formula is C8H12BrN3O2S. The predicted octanol–water partition coefficient (Wildman–Crippen LogP) is 1.42. The minimum absolute atomic E-state index is 0.346. The number of aromatic nitrogens is 1. The largest absolute Gasteiger partial charge is 0.299 e. The van der Waals surface area contributed by atoms with Crippen LogP contribution < -0.4 is 9.44 Å². The molecule has 0 atom stereocenters. The van der Waals surface area contributed by atoms with E-state index in [0.29, 0.717) is 22.5 Å². The molecule has 7 heteroatoms. The number of rotatable bonds is 4. The molecule has 0 aliphatic heterocycles. The SMILES string of the molecule is CCNS(=O)(=O)Nc1ccc(Br)nc1C. The van der Waals surface area contributed by atoms with Gasteiger partial charge < -0.3 is 0 Å². The van der Waals surface area contributed by atoms with Gasteiger partial charge in [-0.1, -0.05) is 6.92 Å². The topological polar surface area (TPSA) is 71.1 Å². The Morgan fingerprint density at radius 3 is 2.67 bits per heavy atom. The maximum Gasteiger partial charge on any atom is 0.299 e. The molecule has 0 amide bonds. The zero-order chi connectivity index (χ0) is 11.5. The molecule has 0 bridgehead atoms. The maximum atomic E-state index is 11.4. The van der Waals surface area contributed by atoms with Crippen LogP contribution in [0.5, 0.6) is 0 Å². The molecule has 0 fully saturated rings. The first kappa shape index (κ1) is 12.4. The number of anilines is 1. The average molecular weight is 294 g/mol. The lowest BCUT2D eigenvalue weighted by molar-refractivity contribution is 0.589. The number of hydrogen-bond donors (Lipinski definition) is 2. The molecule has 0 saturated carbocycles. The van der Waals surface area contributed by atoms with Gasteiger partial charge in [0.1, 0.15) is 4.60 Å². The summed E-state index contributed by atoms with van der Waals surface area (Å²) in [7, 11) is -3.48. The van der Waals surface area contributed by atoms with E-state index >= 15 is 0 Å². The Hall–Kier alpha value is -0.660. The maximum absolute atomic E-state index is 11.4. The van der Waals surface area contributed by atoms with Gasteiger partial charge in [-0.3, -0.25) is 4.72 Å². The molecule has 1 heterocycles. The molecule has 0 spiro atoms. The highest BCUT2D eigenvalue weighted by Gasteiger charge is 2.10. The second-order valence-corrected chi connectivity index (χ2v) is 5.18. The molecule has 0 aromatic carbocycles. The lowest BCUT2D eigenvalue weighted by Gasteiger charge is -2.09. The highest BCUT2D eigenvalue weighted by Crippen LogP contribution is 2.16. The quantitative estimate of drug-likeness (QED) is 0.825. The summed E-state index contributed by atoms with van der Waals surface area (Å²) in [5.74, 6) is 0. The van der Waals surface area contributed by atoms with Gasteiger partial charge in [-0.15, -0.1) is 0 Å². The molecule has 2 N–H and O–H groups in total. The van der Waals surface area contributed by atoms with Crippen LogP contribution in [-0.4, -0.2) is 19.9 Å². The van der Waals surface area contributed by atoms with E-state index in [4.69, 9.17) is 0 Å². The first-order chi connectivity index (χ1) is 6.94. The van der Waals surface area contributed by atoms with Gasteiger partial charge in [0.05, 0.1) is 11.4 Å². The van der Waals surface area contributed by atoms with E-state index in [2.05, 4.69) is 30.4 Å². The molecule has 0 unspecified atom stereocenters. The third-order valence-corrected chi connectivity index (χ3v) is 3.23. The smallest absolute Gasteiger partial charge is 0.269 e. The standard InChI is InChI=1S/C8H12BrN3O2S/c1-3-10-15(13,14)12-7-4-5-8(9)11-6(7)2/h4-5,10,12H,3H2,1-2H3. The highest BCUT2D eigenvalue weighted by atomic mass is 79.9. The van der Waals surface area contributed by atoms with E-state index < -0.39 is 10.2 Å². The molecule has 0 aliphatic rings. The lowest BCUT2D eigenvalue weighted by Crippen LogP contribution is -2.30. The van der Waals surface area contributed by atoms with Gasteiger partial charge in [-0.2, -0.15) is 13.1 Å². The molecular weight excluding hydrogens is 282 g/mol. The van der Waals surface area contributed by atoms with Crippen molar-refractivity contribution < 1.29 is 8.42 Å². The zero-order valence-electron chi connectivity index (χ0n) is 8.41. The third kappa shape index (κ3) is 3.77. The van der Waals surface area contributed by atoms with Crippen LogP contribution in [0.2, 0.25) is 0 Å². The molecule has 0 aliphatic carbocycles. The number of aryl methyl sites for hydroxylation is 1. The van der Waals surface area contributed by atoms with Crippen molar-refractivity contribution in [2.45, 2.75) is 13.8 Å². The third-order valence-electron chi connectivity index (χ3n) is 1.63. The Morgan fingerprint density at radius 1 is 1.47 bits per heavy atom. The zero-order valence-corrected chi connectivity index (χ0v) is 10.8. The van der Waals surface area contributed by atoms with Crippen LogP contribution in [0.15, 0.2) is 16.7 Å². The minimum Gasteiger partial charge on any atom is -0.269 e. The van der Waals surface area contributed by atoms with Gasteiger partial charge in [0, 0.05) is 6.54 Å². The van der Waals surface area contributed by atoms with Crippen LogP contribution in [0.25, 0.3) is 0 Å². The molecule has 1 aromatic rings. The van der Waals surface area contributed by atoms with E-state index in [1.54, 1.807) is 26.0 Å². The fraction of sp³-hybridized carbons (Fsp3) is 0.375. The Morgan fingerprint density at radius 2 is 2.13 bits per heavy atom. The van der Waals surface area contributed by atoms with E-state index in [9.17, 15) is 8.42 Å². The summed E-state index contributed by atoms with van der Waals surface area (Å²) in [4.78, 5) is 4.08. The number of pyridine rings is 1. The van der Waals surface area contributed by atoms with Crippen LogP contribution in [0.4, 0.5) is 5.69 Å². The van der Waals surface area contributed by atoms with Crippen molar-refractivity contribution >= 4 is 31.8 Å². The number of nitrogens with zero attached hydrogens (tertiary/aromatic N) is 1. The Balaban J connectivity index is 2.90. The number of nitrogens with one attached hydrogen (secondary N) is 2. The monoisotopic (exact) mass is 293 g/mol. The summed E-state index contributed by atoms with van der Waals surface area (Å²) in [6.07, 6.45) is 0. The van der Waals surface area contributed by atoms with Crippen molar-refractivity contribution in [3.63, 3.8) is 0 Å². The second kappa shape index (κ2) is 4.91. The van der Waals surface area contributed by atoms with Crippen LogP contribution in [0.3, 0.4) is 0 Å². The Kier molecular flexibility index (Phi) is 4.06. The fourth-order valence-corrected chi connectivity index (χ4v) is 2.36. The molecule has 0 radical (unpaired) electrons. The van der Waals surface area contributed by atoms with E-state index in [0.717, 1.165) is 0 Å². The van der Waals surface area contributed by atoms with Crippen LogP contribution in [0.1, 0.15) is 12.6 Å². The van der Waals surface area contributed by atoms with E-state index in [1.807, 2.05) is 0 Å². The van der Waals surface area contributed by atoms with Gasteiger partial charge in [0.2, 0.25) is 0 Å². The van der Waals surface area contributed by atoms with Crippen molar-refractivity contribution in [3.8, 4) is 0 Å². The first-order valence-corrected chi connectivity index (χ1v) is 6.63. The van der Waals surface area contributed by atoms with Gasteiger partial charge in [0.25, 0.3) is 10.2 Å². The molecule has 5 nitrogen and oxygen atoms in total. The summed E-state index contributed by atoms with van der Waals surface area (Å²) in [5.41, 5.74) is 1.09. The van der Waals surface area contributed by atoms with Crippen LogP contribution >= 0.6 is 15.9 Å². The van der Waals surface area contributed by atoms with Crippen LogP contribution in [0, 0.1) is 6.92 Å². The van der Waals surface area contributed by atoms with Gasteiger partial charge in [-0.05, 0) is 35.0 Å². The van der Waals surface area contributed by atoms with Gasteiger partial charge in [-0.25, -0.2) is 4.98 Å². The Labute approximate surface area is 97.6 Å². The second-order valence-electron chi connectivity index (χ2n) is 2.87. The fourth-order valence-electron chi connectivity index (χ4n) is 1.01. The molecule has 1 rings (SSSR count). The van der Waals surface area contributed by atoms with E-state index in [-0.39, 0.29) is 0 Å². The summed E-state index contributed by atoms with van der Waals surface area (Å²) >= 11 is 3.20. The highest BCUT2D eigenvalue weighted by molar-refractivity contribution is 9.10. The van der Waals surface area contributed by atoms with Crippen molar-refractivity contribution in [1.29, 1.82) is 0 Å². The van der Waals surface area contributed by atoms with Crippen molar-refractivity contribution in [1.82, 2.24) is 9.71 Å². The lowest BCUT2D eigenvalue weighted by atomic mass is 10.3. The van der Waals surface area contributed by atoms with Crippen molar-refractivity contribution in [2.24, 2.45) is 0 Å². The average Bonchev–Trinajstić information content (AvgIpc) is 2.09. The van der Waals surface area contributed by atoms with Gasteiger partial charge >= 0.3 is 0 Å². The molecule has 15 heavy (non-hydrogen) atoms. The summed E-state index contributed by atoms with van der Waals surface area (Å²) in [5, 5.41) is 0. The Bertz CT molecular complexity index is 447. The number of halogens is 1. The molecule has 84 valence electrons. The van der Waals surface area contributed by atoms with Crippen molar-refractivity contribution in [3.05, 3.63) is 22.4 Å². The normalized spacial score (nSPS) is 11.4. The molecule has 1 aromatic heterocycles. The first-order valence-electron chi connectivity index (χ1n) is 4.35. The van der Waals surface area contributed by atoms with Crippen LogP contribution in [-0.2, 0) is 10.2 Å². The molecule has 0 saturated heterocycles. The predicted molar refractivity (Wildman–Crippen MR) is 62.9 cm³/mol. The van der Waals surface area contributed by atoms with Crippen molar-refractivity contribution in [2.75, 3.05) is 11.3 Å². The number of hydrogen-bond acceptors (Lipinski definition) is 3. The van der Waals surface area contributed by atoms with E-state index in [1.165, 1.54) is 0 Å². The summed E-state index contributed by atoms with van der Waals surface area (Å²) in [6, 6.07) is 3.33. The van der Waals surface area contributed by atoms with Gasteiger partial charge in [0.15, 0.2) is 0 Å². The minimum atomic E-state index is -3.48. The summed E-state index contributed by atoms with van der Waals surface area (Å²) in [6.45, 7) is 3.79.